The first kappa shape index (κ1) is 16.4. The van der Waals surface area contributed by atoms with Crippen LogP contribution in [-0.2, 0) is 0 Å². The Morgan fingerprint density at radius 2 is 1.14 bits per heavy atom. The molecular formula is C14H32. The van der Waals surface area contributed by atoms with E-state index in [0.717, 1.165) is 0 Å². The first-order valence-electron chi connectivity index (χ1n) is 6.43. The quantitative estimate of drug-likeness (QED) is 0.537. The Morgan fingerprint density at radius 1 is 0.786 bits per heavy atom. The molecule has 0 fully saturated rings. The summed E-state index contributed by atoms with van der Waals surface area (Å²) in [5, 5.41) is 0. The average molecular weight is 200 g/mol. The first-order chi connectivity index (χ1) is 6.43. The fourth-order valence-corrected chi connectivity index (χ4v) is 2.13. The normalized spacial score (nSPS) is 12.0. The van der Waals surface area contributed by atoms with Crippen molar-refractivity contribution in [2.75, 3.05) is 0 Å². The van der Waals surface area contributed by atoms with Crippen LogP contribution in [0.15, 0.2) is 0 Å². The molecule has 88 valence electrons. The second-order valence-corrected chi connectivity index (χ2v) is 4.90. The summed E-state index contributed by atoms with van der Waals surface area (Å²) in [6, 6.07) is 0. The van der Waals surface area contributed by atoms with Crippen molar-refractivity contribution in [1.82, 2.24) is 0 Å². The van der Waals surface area contributed by atoms with E-state index < -0.39 is 0 Å². The van der Waals surface area contributed by atoms with Crippen molar-refractivity contribution in [3.05, 3.63) is 0 Å². The van der Waals surface area contributed by atoms with Gasteiger partial charge in [-0.05, 0) is 17.3 Å². The summed E-state index contributed by atoms with van der Waals surface area (Å²) in [4.78, 5) is 0. The fourth-order valence-electron chi connectivity index (χ4n) is 2.13. The first-order valence-corrected chi connectivity index (χ1v) is 6.43. The van der Waals surface area contributed by atoms with E-state index in [1.807, 2.05) is 13.8 Å². The molecule has 0 atom stereocenters. The van der Waals surface area contributed by atoms with Gasteiger partial charge in [0.05, 0.1) is 0 Å². The molecule has 0 aliphatic carbocycles. The summed E-state index contributed by atoms with van der Waals surface area (Å²) in [6.45, 7) is 18.2. The lowest BCUT2D eigenvalue weighted by molar-refractivity contribution is 0.0676. The van der Waals surface area contributed by atoms with Crippen LogP contribution >= 0.6 is 0 Å². The van der Waals surface area contributed by atoms with Crippen LogP contribution in [0, 0.1) is 10.8 Å². The molecule has 0 heterocycles. The number of hydrogen-bond acceptors (Lipinski definition) is 0. The molecule has 14 heavy (non-hydrogen) atoms. The molecule has 0 saturated heterocycles. The highest BCUT2D eigenvalue weighted by molar-refractivity contribution is 4.87. The van der Waals surface area contributed by atoms with Gasteiger partial charge in [-0.25, -0.2) is 0 Å². The minimum Gasteiger partial charge on any atom is -0.0683 e. The molecule has 0 radical (unpaired) electrons. The Kier molecular flexibility index (Phi) is 8.58. The predicted octanol–water partition coefficient (Wildman–Crippen LogP) is 5.67. The van der Waals surface area contributed by atoms with Crippen molar-refractivity contribution in [2.45, 2.75) is 81.1 Å². The van der Waals surface area contributed by atoms with Crippen LogP contribution in [-0.4, -0.2) is 0 Å². The zero-order valence-electron chi connectivity index (χ0n) is 11.8. The van der Waals surface area contributed by atoms with Gasteiger partial charge in [0, 0.05) is 0 Å². The lowest BCUT2D eigenvalue weighted by Gasteiger charge is -2.43. The van der Waals surface area contributed by atoms with Crippen LogP contribution in [0.2, 0.25) is 0 Å². The third-order valence-corrected chi connectivity index (χ3v) is 4.07. The minimum atomic E-state index is 0.505. The molecule has 0 aliphatic rings. The van der Waals surface area contributed by atoms with Crippen molar-refractivity contribution in [2.24, 2.45) is 10.8 Å². The summed E-state index contributed by atoms with van der Waals surface area (Å²) < 4.78 is 0. The Morgan fingerprint density at radius 3 is 1.36 bits per heavy atom. The molecule has 0 unspecified atom stereocenters. The largest absolute Gasteiger partial charge is 0.0683 e. The molecule has 0 aromatic rings. The van der Waals surface area contributed by atoms with E-state index in [-0.39, 0.29) is 0 Å². The van der Waals surface area contributed by atoms with Gasteiger partial charge in [-0.1, -0.05) is 74.7 Å². The third-order valence-electron chi connectivity index (χ3n) is 4.07. The fraction of sp³-hybridized carbons (Fsp3) is 1.00. The Balaban J connectivity index is 0. The minimum absolute atomic E-state index is 0.505. The Hall–Kier alpha value is 0. The van der Waals surface area contributed by atoms with Gasteiger partial charge in [0.25, 0.3) is 0 Å². The molecule has 0 N–H and O–H groups in total. The highest BCUT2D eigenvalue weighted by atomic mass is 14.4. The molecule has 0 aliphatic heterocycles. The van der Waals surface area contributed by atoms with Gasteiger partial charge in [0.1, 0.15) is 0 Å². The molecule has 0 saturated carbocycles. The van der Waals surface area contributed by atoms with Crippen LogP contribution in [0.5, 0.6) is 0 Å². The molecule has 0 nitrogen and oxygen atoms in total. The summed E-state index contributed by atoms with van der Waals surface area (Å²) in [6.07, 6.45) is 5.26. The molecule has 0 bridgehead atoms. The highest BCUT2D eigenvalue weighted by Gasteiger charge is 2.36. The SMILES string of the molecule is CC.CCCC(C)(C)C(C)(CC)CC. The van der Waals surface area contributed by atoms with E-state index in [9.17, 15) is 0 Å². The maximum atomic E-state index is 2.43. The summed E-state index contributed by atoms with van der Waals surface area (Å²) in [5.74, 6) is 0. The highest BCUT2D eigenvalue weighted by Crippen LogP contribution is 2.47. The maximum Gasteiger partial charge on any atom is -0.0280 e. The zero-order valence-corrected chi connectivity index (χ0v) is 11.8. The molecule has 0 spiro atoms. The standard InChI is InChI=1S/C12H26.C2H6/c1-7-10-11(4,5)12(6,8-2)9-3;1-2/h7-10H2,1-6H3;1-2H3. The van der Waals surface area contributed by atoms with Gasteiger partial charge >= 0.3 is 0 Å². The molecular weight excluding hydrogens is 168 g/mol. The predicted molar refractivity (Wildman–Crippen MR) is 68.7 cm³/mol. The third kappa shape index (κ3) is 4.02. The Bertz CT molecular complexity index is 118. The summed E-state index contributed by atoms with van der Waals surface area (Å²) in [7, 11) is 0. The maximum absolute atomic E-state index is 2.43. The van der Waals surface area contributed by atoms with E-state index in [1.165, 1.54) is 25.7 Å². The van der Waals surface area contributed by atoms with Gasteiger partial charge in [-0.15, -0.1) is 0 Å². The zero-order chi connectivity index (χ0) is 11.8. The van der Waals surface area contributed by atoms with Crippen molar-refractivity contribution in [3.63, 3.8) is 0 Å². The summed E-state index contributed by atoms with van der Waals surface area (Å²) >= 11 is 0. The van der Waals surface area contributed by atoms with Crippen molar-refractivity contribution in [1.29, 1.82) is 0 Å². The average Bonchev–Trinajstić information content (AvgIpc) is 2.19. The molecule has 0 heteroatoms. The van der Waals surface area contributed by atoms with Gasteiger partial charge in [0.2, 0.25) is 0 Å². The number of hydrogen-bond donors (Lipinski definition) is 0. The molecule has 0 aromatic carbocycles. The van der Waals surface area contributed by atoms with Crippen molar-refractivity contribution >= 4 is 0 Å². The monoisotopic (exact) mass is 200 g/mol. The van der Waals surface area contributed by atoms with E-state index in [1.54, 1.807) is 0 Å². The van der Waals surface area contributed by atoms with Gasteiger partial charge < -0.3 is 0 Å². The van der Waals surface area contributed by atoms with E-state index in [4.69, 9.17) is 0 Å². The second kappa shape index (κ2) is 7.31. The van der Waals surface area contributed by atoms with Gasteiger partial charge in [-0.3, -0.25) is 0 Å². The van der Waals surface area contributed by atoms with Crippen LogP contribution < -0.4 is 0 Å². The van der Waals surface area contributed by atoms with E-state index in [2.05, 4.69) is 41.5 Å². The van der Waals surface area contributed by atoms with Crippen LogP contribution in [0.25, 0.3) is 0 Å². The molecule has 0 aromatic heterocycles. The Labute approximate surface area is 92.5 Å². The molecule has 0 amide bonds. The van der Waals surface area contributed by atoms with Crippen LogP contribution in [0.4, 0.5) is 0 Å². The summed E-state index contributed by atoms with van der Waals surface area (Å²) in [5.41, 5.74) is 1.04. The van der Waals surface area contributed by atoms with E-state index in [0.29, 0.717) is 10.8 Å². The van der Waals surface area contributed by atoms with Crippen LogP contribution in [0.3, 0.4) is 0 Å². The van der Waals surface area contributed by atoms with Crippen molar-refractivity contribution < 1.29 is 0 Å². The van der Waals surface area contributed by atoms with Crippen molar-refractivity contribution in [3.8, 4) is 0 Å². The number of rotatable bonds is 5. The molecule has 0 rings (SSSR count). The smallest absolute Gasteiger partial charge is 0.0280 e. The lowest BCUT2D eigenvalue weighted by Crippen LogP contribution is -2.34. The van der Waals surface area contributed by atoms with Gasteiger partial charge in [-0.2, -0.15) is 0 Å². The van der Waals surface area contributed by atoms with Gasteiger partial charge in [0.15, 0.2) is 0 Å². The van der Waals surface area contributed by atoms with E-state index >= 15 is 0 Å². The lowest BCUT2D eigenvalue weighted by atomic mass is 9.62. The second-order valence-electron chi connectivity index (χ2n) is 4.90. The van der Waals surface area contributed by atoms with Crippen LogP contribution in [0.1, 0.15) is 81.1 Å². The topological polar surface area (TPSA) is 0 Å².